The van der Waals surface area contributed by atoms with Gasteiger partial charge in [0.15, 0.2) is 0 Å². The molecule has 0 fully saturated rings. The molecule has 39 heavy (non-hydrogen) atoms. The first-order valence-corrected chi connectivity index (χ1v) is 14.7. The van der Waals surface area contributed by atoms with Gasteiger partial charge >= 0.3 is 0 Å². The van der Waals surface area contributed by atoms with Crippen molar-refractivity contribution < 1.29 is 18.0 Å². The van der Waals surface area contributed by atoms with Gasteiger partial charge < -0.3 is 10.2 Å². The topological polar surface area (TPSA) is 86.8 Å². The molecule has 7 nitrogen and oxygen atoms in total. The number of amides is 2. The second-order valence-electron chi connectivity index (χ2n) is 9.71. The molecule has 0 aliphatic heterocycles. The highest BCUT2D eigenvalue weighted by atomic mass is 35.5. The van der Waals surface area contributed by atoms with Crippen molar-refractivity contribution in [3.8, 4) is 0 Å². The van der Waals surface area contributed by atoms with Gasteiger partial charge in [0.05, 0.1) is 10.6 Å². The molecule has 0 heterocycles. The Morgan fingerprint density at radius 2 is 1.56 bits per heavy atom. The largest absolute Gasteiger partial charge is 0.352 e. The van der Waals surface area contributed by atoms with E-state index in [1.54, 1.807) is 68.4 Å². The summed E-state index contributed by atoms with van der Waals surface area (Å²) in [7, 11) is -4.16. The van der Waals surface area contributed by atoms with Gasteiger partial charge in [0, 0.05) is 22.6 Å². The highest BCUT2D eigenvalue weighted by Crippen LogP contribution is 2.30. The lowest BCUT2D eigenvalue weighted by molar-refractivity contribution is -0.139. The maximum atomic E-state index is 14.0. The summed E-state index contributed by atoms with van der Waals surface area (Å²) < 4.78 is 28.9. The van der Waals surface area contributed by atoms with Crippen molar-refractivity contribution in [2.24, 2.45) is 0 Å². The quantitative estimate of drug-likeness (QED) is 0.326. The lowest BCUT2D eigenvalue weighted by Gasteiger charge is -2.33. The smallest absolute Gasteiger partial charge is 0.264 e. The van der Waals surface area contributed by atoms with E-state index in [-0.39, 0.29) is 23.4 Å². The molecule has 3 aromatic rings. The molecule has 2 amide bonds. The van der Waals surface area contributed by atoms with Gasteiger partial charge in [0.1, 0.15) is 12.6 Å². The van der Waals surface area contributed by atoms with E-state index in [1.165, 1.54) is 17.0 Å². The van der Waals surface area contributed by atoms with Gasteiger partial charge in [0.2, 0.25) is 11.8 Å². The van der Waals surface area contributed by atoms with Crippen LogP contribution in [-0.2, 0) is 26.2 Å². The number of benzene rings is 3. The van der Waals surface area contributed by atoms with Crippen LogP contribution < -0.4 is 9.62 Å². The number of nitrogens with zero attached hydrogens (tertiary/aromatic N) is 2. The normalized spacial score (nSPS) is 12.2. The lowest BCUT2D eigenvalue weighted by Crippen LogP contribution is -2.52. The Morgan fingerprint density at radius 1 is 0.923 bits per heavy atom. The summed E-state index contributed by atoms with van der Waals surface area (Å²) in [5.41, 5.74) is 2.42. The van der Waals surface area contributed by atoms with E-state index in [4.69, 9.17) is 23.2 Å². The Hall–Kier alpha value is -3.07. The Balaban J connectivity index is 2.08. The van der Waals surface area contributed by atoms with Crippen molar-refractivity contribution in [3.05, 3.63) is 93.5 Å². The Kier molecular flexibility index (Phi) is 10.0. The average molecular weight is 591 g/mol. The molecule has 10 heteroatoms. The lowest BCUT2D eigenvalue weighted by atomic mass is 10.1. The zero-order valence-corrected chi connectivity index (χ0v) is 24.9. The molecule has 0 bridgehead atoms. The molecule has 0 saturated carbocycles. The molecular weight excluding hydrogens is 557 g/mol. The number of nitrogens with one attached hydrogen (secondary N) is 1. The Labute approximate surface area is 240 Å². The fourth-order valence-corrected chi connectivity index (χ4v) is 5.95. The number of sulfonamides is 1. The predicted molar refractivity (Wildman–Crippen MR) is 157 cm³/mol. The number of rotatable bonds is 10. The van der Waals surface area contributed by atoms with Gasteiger partial charge in [-0.1, -0.05) is 59.1 Å². The second kappa shape index (κ2) is 12.9. The maximum Gasteiger partial charge on any atom is 0.264 e. The van der Waals surface area contributed by atoms with Crippen molar-refractivity contribution >= 4 is 50.7 Å². The number of anilines is 1. The zero-order valence-electron chi connectivity index (χ0n) is 22.6. The number of hydrogen-bond donors (Lipinski definition) is 1. The molecule has 3 aromatic carbocycles. The first-order chi connectivity index (χ1) is 18.3. The standard InChI is InChI=1S/C29H33Cl2N3O4S/c1-19(2)32-29(36)22(5)33(17-23-8-6-7-9-26(23)31)28(35)18-34(27-15-12-24(30)16-21(27)4)39(37,38)25-13-10-20(3)11-14-25/h6-16,19,22H,17-18H2,1-5H3,(H,32,36)/t22-/m1/s1. The van der Waals surface area contributed by atoms with Crippen molar-refractivity contribution in [3.63, 3.8) is 0 Å². The van der Waals surface area contributed by atoms with Gasteiger partial charge in [0.25, 0.3) is 10.0 Å². The van der Waals surface area contributed by atoms with Crippen molar-refractivity contribution in [2.75, 3.05) is 10.8 Å². The van der Waals surface area contributed by atoms with Gasteiger partial charge in [-0.05, 0) is 82.1 Å². The summed E-state index contributed by atoms with van der Waals surface area (Å²) in [5, 5.41) is 3.70. The van der Waals surface area contributed by atoms with E-state index < -0.39 is 28.5 Å². The van der Waals surface area contributed by atoms with Crippen molar-refractivity contribution in [1.82, 2.24) is 10.2 Å². The van der Waals surface area contributed by atoms with Crippen LogP contribution in [0, 0.1) is 13.8 Å². The van der Waals surface area contributed by atoms with E-state index in [2.05, 4.69) is 5.32 Å². The third kappa shape index (κ3) is 7.53. The third-order valence-electron chi connectivity index (χ3n) is 6.21. The van der Waals surface area contributed by atoms with E-state index in [0.29, 0.717) is 26.9 Å². The van der Waals surface area contributed by atoms with Crippen LogP contribution in [0.15, 0.2) is 71.6 Å². The third-order valence-corrected chi connectivity index (χ3v) is 8.59. The fourth-order valence-electron chi connectivity index (χ4n) is 4.05. The van der Waals surface area contributed by atoms with Crippen LogP contribution in [0.2, 0.25) is 10.0 Å². The number of carbonyl (C=O) groups is 2. The predicted octanol–water partition coefficient (Wildman–Crippen LogP) is 5.75. The second-order valence-corrected chi connectivity index (χ2v) is 12.4. The molecule has 0 aromatic heterocycles. The van der Waals surface area contributed by atoms with E-state index in [1.807, 2.05) is 20.8 Å². The summed E-state index contributed by atoms with van der Waals surface area (Å²) in [6, 6.07) is 17.2. The summed E-state index contributed by atoms with van der Waals surface area (Å²) in [5.74, 6) is -0.924. The van der Waals surface area contributed by atoms with Gasteiger partial charge in [-0.15, -0.1) is 0 Å². The molecule has 0 saturated heterocycles. The molecule has 0 aliphatic carbocycles. The van der Waals surface area contributed by atoms with Crippen LogP contribution in [0.3, 0.4) is 0 Å². The Morgan fingerprint density at radius 3 is 2.15 bits per heavy atom. The van der Waals surface area contributed by atoms with Crippen LogP contribution in [0.1, 0.15) is 37.5 Å². The van der Waals surface area contributed by atoms with E-state index in [9.17, 15) is 18.0 Å². The van der Waals surface area contributed by atoms with E-state index >= 15 is 0 Å². The molecular formula is C29H33Cl2N3O4S. The van der Waals surface area contributed by atoms with Crippen LogP contribution in [-0.4, -0.2) is 43.8 Å². The average Bonchev–Trinajstić information content (AvgIpc) is 2.86. The summed E-state index contributed by atoms with van der Waals surface area (Å²) in [4.78, 5) is 28.3. The number of carbonyl (C=O) groups excluding carboxylic acids is 2. The molecule has 0 unspecified atom stereocenters. The number of halogens is 2. The molecule has 0 aliphatic rings. The van der Waals surface area contributed by atoms with Crippen LogP contribution >= 0.6 is 23.2 Å². The molecule has 0 radical (unpaired) electrons. The number of aryl methyl sites for hydroxylation is 2. The van der Waals surface area contributed by atoms with Gasteiger partial charge in [-0.25, -0.2) is 8.42 Å². The minimum absolute atomic E-state index is 0.0171. The summed E-state index contributed by atoms with van der Waals surface area (Å²) in [6.45, 7) is 8.32. The Bertz CT molecular complexity index is 1440. The van der Waals surface area contributed by atoms with Crippen LogP contribution in [0.4, 0.5) is 5.69 Å². The molecule has 1 atom stereocenters. The number of hydrogen-bond acceptors (Lipinski definition) is 4. The SMILES string of the molecule is Cc1ccc(S(=O)(=O)N(CC(=O)N(Cc2ccccc2Cl)[C@H](C)C(=O)NC(C)C)c2ccc(Cl)cc2C)cc1. The molecule has 1 N–H and O–H groups in total. The first kappa shape index (κ1) is 30.5. The first-order valence-electron chi connectivity index (χ1n) is 12.5. The molecule has 208 valence electrons. The van der Waals surface area contributed by atoms with Gasteiger partial charge in [-0.3, -0.25) is 13.9 Å². The minimum Gasteiger partial charge on any atom is -0.352 e. The molecule has 0 spiro atoms. The minimum atomic E-state index is -4.16. The highest BCUT2D eigenvalue weighted by Gasteiger charge is 2.33. The maximum absolute atomic E-state index is 14.0. The fraction of sp³-hybridized carbons (Fsp3) is 0.310. The molecule has 3 rings (SSSR count). The van der Waals surface area contributed by atoms with Crippen LogP contribution in [0.5, 0.6) is 0 Å². The van der Waals surface area contributed by atoms with Crippen molar-refractivity contribution in [2.45, 2.75) is 58.1 Å². The van der Waals surface area contributed by atoms with E-state index in [0.717, 1.165) is 9.87 Å². The van der Waals surface area contributed by atoms with Crippen molar-refractivity contribution in [1.29, 1.82) is 0 Å². The monoisotopic (exact) mass is 589 g/mol. The zero-order chi connectivity index (χ0) is 28.9. The summed E-state index contributed by atoms with van der Waals surface area (Å²) in [6.07, 6.45) is 0. The highest BCUT2D eigenvalue weighted by molar-refractivity contribution is 7.92. The summed E-state index contributed by atoms with van der Waals surface area (Å²) >= 11 is 12.5. The van der Waals surface area contributed by atoms with Gasteiger partial charge in [-0.2, -0.15) is 0 Å². The van der Waals surface area contributed by atoms with Crippen LogP contribution in [0.25, 0.3) is 0 Å².